The standard InChI is InChI=1S/C25H31NO5/c1-25(2,3)31-23(28)14-19-20(18-12-8-9-13-22(18)30-4)15-26(21(19)16-27)24(29)17-10-6-5-7-11-17/h5-13,19-21,27H,14-16H2,1-4H3/t19-,20+,21+/m0/s1. The normalized spacial score (nSPS) is 21.1. The van der Waals surface area contributed by atoms with Gasteiger partial charge in [-0.15, -0.1) is 0 Å². The second kappa shape index (κ2) is 9.52. The van der Waals surface area contributed by atoms with Gasteiger partial charge in [0.1, 0.15) is 11.4 Å². The van der Waals surface area contributed by atoms with Gasteiger partial charge in [0.25, 0.3) is 5.91 Å². The number of aliphatic hydroxyl groups excluding tert-OH is 1. The summed E-state index contributed by atoms with van der Waals surface area (Å²) in [5.74, 6) is -0.277. The number of amides is 1. The number of ether oxygens (including phenoxy) is 2. The molecular weight excluding hydrogens is 394 g/mol. The third-order valence-electron chi connectivity index (χ3n) is 5.63. The summed E-state index contributed by atoms with van der Waals surface area (Å²) in [6, 6.07) is 16.1. The average molecular weight is 426 g/mol. The number of likely N-dealkylation sites (tertiary alicyclic amines) is 1. The Labute approximate surface area is 183 Å². The molecule has 31 heavy (non-hydrogen) atoms. The van der Waals surface area contributed by atoms with Crippen LogP contribution in [0.25, 0.3) is 0 Å². The molecule has 3 rings (SSSR count). The lowest BCUT2D eigenvalue weighted by Crippen LogP contribution is -2.41. The summed E-state index contributed by atoms with van der Waals surface area (Å²) in [7, 11) is 1.60. The molecule has 0 saturated carbocycles. The average Bonchev–Trinajstić information content (AvgIpc) is 3.10. The summed E-state index contributed by atoms with van der Waals surface area (Å²) < 4.78 is 11.1. The lowest BCUT2D eigenvalue weighted by molar-refractivity contribution is -0.156. The Morgan fingerprint density at radius 1 is 1.06 bits per heavy atom. The molecule has 0 bridgehead atoms. The van der Waals surface area contributed by atoms with Gasteiger partial charge in [-0.25, -0.2) is 0 Å². The molecule has 0 aromatic heterocycles. The van der Waals surface area contributed by atoms with Gasteiger partial charge in [-0.1, -0.05) is 36.4 Å². The third kappa shape index (κ3) is 5.25. The van der Waals surface area contributed by atoms with Crippen LogP contribution < -0.4 is 4.74 Å². The van der Waals surface area contributed by atoms with Gasteiger partial charge < -0.3 is 19.5 Å². The van der Waals surface area contributed by atoms with Crippen LogP contribution in [0.3, 0.4) is 0 Å². The molecule has 0 radical (unpaired) electrons. The molecule has 1 heterocycles. The van der Waals surface area contributed by atoms with Gasteiger partial charge in [0.15, 0.2) is 0 Å². The van der Waals surface area contributed by atoms with Crippen LogP contribution in [0, 0.1) is 5.92 Å². The Kier molecular flexibility index (Phi) is 7.01. The number of esters is 1. The molecule has 6 nitrogen and oxygen atoms in total. The molecule has 166 valence electrons. The fourth-order valence-corrected chi connectivity index (χ4v) is 4.35. The first kappa shape index (κ1) is 22.8. The predicted octanol–water partition coefficient (Wildman–Crippen LogP) is 3.64. The smallest absolute Gasteiger partial charge is 0.306 e. The van der Waals surface area contributed by atoms with Gasteiger partial charge in [-0.3, -0.25) is 9.59 Å². The highest BCUT2D eigenvalue weighted by Crippen LogP contribution is 2.43. The summed E-state index contributed by atoms with van der Waals surface area (Å²) in [4.78, 5) is 27.7. The molecule has 1 aliphatic rings. The van der Waals surface area contributed by atoms with E-state index in [1.54, 1.807) is 24.1 Å². The molecular formula is C25H31NO5. The van der Waals surface area contributed by atoms with Crippen molar-refractivity contribution in [1.82, 2.24) is 4.90 Å². The molecule has 0 aliphatic carbocycles. The minimum absolute atomic E-state index is 0.101. The van der Waals surface area contributed by atoms with Gasteiger partial charge in [-0.2, -0.15) is 0 Å². The van der Waals surface area contributed by atoms with E-state index in [-0.39, 0.29) is 36.7 Å². The van der Waals surface area contributed by atoms with Crippen molar-refractivity contribution >= 4 is 11.9 Å². The third-order valence-corrected chi connectivity index (χ3v) is 5.63. The molecule has 1 saturated heterocycles. The summed E-state index contributed by atoms with van der Waals surface area (Å²) in [5.41, 5.74) is 0.863. The minimum Gasteiger partial charge on any atom is -0.496 e. The summed E-state index contributed by atoms with van der Waals surface area (Å²) in [6.45, 7) is 5.62. The maximum absolute atomic E-state index is 13.3. The van der Waals surface area contributed by atoms with E-state index < -0.39 is 11.6 Å². The quantitative estimate of drug-likeness (QED) is 0.715. The van der Waals surface area contributed by atoms with E-state index in [2.05, 4.69) is 0 Å². The van der Waals surface area contributed by atoms with Gasteiger partial charge in [0, 0.05) is 23.9 Å². The fourth-order valence-electron chi connectivity index (χ4n) is 4.35. The number of aliphatic hydroxyl groups is 1. The number of carbonyl (C=O) groups excluding carboxylic acids is 2. The van der Waals surface area contributed by atoms with Crippen LogP contribution in [-0.4, -0.2) is 53.8 Å². The van der Waals surface area contributed by atoms with Crippen molar-refractivity contribution in [3.05, 3.63) is 65.7 Å². The molecule has 1 N–H and O–H groups in total. The number of carbonyl (C=O) groups is 2. The van der Waals surface area contributed by atoms with E-state index in [0.29, 0.717) is 17.9 Å². The zero-order valence-corrected chi connectivity index (χ0v) is 18.6. The zero-order valence-electron chi connectivity index (χ0n) is 18.6. The first-order chi connectivity index (χ1) is 14.7. The molecule has 1 fully saturated rings. The first-order valence-electron chi connectivity index (χ1n) is 10.6. The molecule has 1 amide bonds. The molecule has 2 aromatic rings. The Balaban J connectivity index is 1.97. The molecule has 3 atom stereocenters. The predicted molar refractivity (Wildman–Crippen MR) is 118 cm³/mol. The number of rotatable bonds is 6. The van der Waals surface area contributed by atoms with E-state index in [9.17, 15) is 14.7 Å². The molecule has 6 heteroatoms. The van der Waals surface area contributed by atoms with Gasteiger partial charge >= 0.3 is 5.97 Å². The lowest BCUT2D eigenvalue weighted by Gasteiger charge is -2.28. The summed E-state index contributed by atoms with van der Waals surface area (Å²) in [6.07, 6.45) is 0.101. The van der Waals surface area contributed by atoms with Crippen LogP contribution >= 0.6 is 0 Å². The van der Waals surface area contributed by atoms with Crippen molar-refractivity contribution in [1.29, 1.82) is 0 Å². The monoisotopic (exact) mass is 425 g/mol. The van der Waals surface area contributed by atoms with E-state index in [1.165, 1.54) is 0 Å². The first-order valence-corrected chi connectivity index (χ1v) is 10.6. The summed E-state index contributed by atoms with van der Waals surface area (Å²) >= 11 is 0. The van der Waals surface area contributed by atoms with Crippen LogP contribution in [0.1, 0.15) is 49.0 Å². The van der Waals surface area contributed by atoms with Crippen LogP contribution in [-0.2, 0) is 9.53 Å². The van der Waals surface area contributed by atoms with Crippen molar-refractivity contribution in [3.63, 3.8) is 0 Å². The van der Waals surface area contributed by atoms with Crippen LogP contribution in [0.15, 0.2) is 54.6 Å². The van der Waals surface area contributed by atoms with E-state index in [0.717, 1.165) is 5.56 Å². The largest absolute Gasteiger partial charge is 0.496 e. The molecule has 0 unspecified atom stereocenters. The highest BCUT2D eigenvalue weighted by molar-refractivity contribution is 5.94. The molecule has 0 spiro atoms. The van der Waals surface area contributed by atoms with Crippen LogP contribution in [0.5, 0.6) is 5.75 Å². The number of methoxy groups -OCH3 is 1. The second-order valence-electron chi connectivity index (χ2n) is 8.88. The highest BCUT2D eigenvalue weighted by atomic mass is 16.6. The van der Waals surface area contributed by atoms with Crippen molar-refractivity contribution < 1.29 is 24.2 Å². The molecule has 1 aliphatic heterocycles. The Morgan fingerprint density at radius 3 is 2.32 bits per heavy atom. The highest BCUT2D eigenvalue weighted by Gasteiger charge is 2.46. The van der Waals surface area contributed by atoms with E-state index in [4.69, 9.17) is 9.47 Å². The van der Waals surface area contributed by atoms with Gasteiger partial charge in [-0.05, 0) is 44.5 Å². The van der Waals surface area contributed by atoms with Crippen molar-refractivity contribution in [2.45, 2.75) is 44.8 Å². The SMILES string of the molecule is COc1ccccc1[C@H]1CN(C(=O)c2ccccc2)[C@H](CO)[C@H]1CC(=O)OC(C)(C)C. The zero-order chi connectivity index (χ0) is 22.6. The Morgan fingerprint density at radius 2 is 1.71 bits per heavy atom. The maximum atomic E-state index is 13.3. The van der Waals surface area contributed by atoms with E-state index >= 15 is 0 Å². The van der Waals surface area contributed by atoms with E-state index in [1.807, 2.05) is 63.2 Å². The van der Waals surface area contributed by atoms with Gasteiger partial charge in [0.2, 0.25) is 0 Å². The minimum atomic E-state index is -0.607. The number of para-hydroxylation sites is 1. The topological polar surface area (TPSA) is 76.1 Å². The Hall–Kier alpha value is -2.86. The number of nitrogens with zero attached hydrogens (tertiary/aromatic N) is 1. The van der Waals surface area contributed by atoms with Crippen molar-refractivity contribution in [3.8, 4) is 5.75 Å². The lowest BCUT2D eigenvalue weighted by atomic mass is 9.82. The number of hydrogen-bond donors (Lipinski definition) is 1. The Bertz CT molecular complexity index is 906. The van der Waals surface area contributed by atoms with Gasteiger partial charge in [0.05, 0.1) is 26.2 Å². The van der Waals surface area contributed by atoms with Crippen molar-refractivity contribution in [2.24, 2.45) is 5.92 Å². The molecule has 2 aromatic carbocycles. The maximum Gasteiger partial charge on any atom is 0.306 e. The number of benzene rings is 2. The van der Waals surface area contributed by atoms with Crippen molar-refractivity contribution in [2.75, 3.05) is 20.3 Å². The van der Waals surface area contributed by atoms with Crippen LogP contribution in [0.2, 0.25) is 0 Å². The van der Waals surface area contributed by atoms with Crippen LogP contribution in [0.4, 0.5) is 0 Å². The second-order valence-corrected chi connectivity index (χ2v) is 8.88. The number of hydrogen-bond acceptors (Lipinski definition) is 5. The fraction of sp³-hybridized carbons (Fsp3) is 0.440. The summed E-state index contributed by atoms with van der Waals surface area (Å²) in [5, 5.41) is 10.3.